The molecule has 0 spiro atoms. The van der Waals surface area contributed by atoms with E-state index in [1.807, 2.05) is 0 Å². The third-order valence-corrected chi connectivity index (χ3v) is 12.6. The Morgan fingerprint density at radius 3 is 1.41 bits per heavy atom. The summed E-state index contributed by atoms with van der Waals surface area (Å²) in [5.74, 6) is -0.522. The van der Waals surface area contributed by atoms with Gasteiger partial charge in [0, 0.05) is 6.42 Å². The Hall–Kier alpha value is -2.70. The quantitative estimate of drug-likeness (QED) is 0.0244. The molecule has 0 rings (SSSR count). The highest BCUT2D eigenvalue weighted by atomic mass is 16.5. The van der Waals surface area contributed by atoms with Crippen molar-refractivity contribution in [1.82, 2.24) is 5.32 Å². The summed E-state index contributed by atoms with van der Waals surface area (Å²) in [5, 5.41) is 23.9. The van der Waals surface area contributed by atoms with Gasteiger partial charge in [0.25, 0.3) is 0 Å². The van der Waals surface area contributed by atoms with E-state index in [1.165, 1.54) is 141 Å². The number of esters is 1. The van der Waals surface area contributed by atoms with Crippen LogP contribution in [0, 0.1) is 0 Å². The number of aliphatic hydroxyl groups excluding tert-OH is 2. The number of carbonyl (C=O) groups excluding carboxylic acids is 2. The van der Waals surface area contributed by atoms with Crippen molar-refractivity contribution in [3.05, 3.63) is 72.9 Å². The molecule has 0 bridgehead atoms. The van der Waals surface area contributed by atoms with E-state index in [4.69, 9.17) is 4.74 Å². The van der Waals surface area contributed by atoms with E-state index in [2.05, 4.69) is 99.0 Å². The summed E-state index contributed by atoms with van der Waals surface area (Å²) in [6.07, 6.45) is 68.2. The number of allylic oxidation sites excluding steroid dienone is 12. The molecule has 0 aliphatic rings. The van der Waals surface area contributed by atoms with Crippen molar-refractivity contribution >= 4 is 11.9 Å². The molecule has 0 saturated carbocycles. The van der Waals surface area contributed by atoms with Gasteiger partial charge in [0.2, 0.25) is 5.91 Å². The molecule has 382 valence electrons. The lowest BCUT2D eigenvalue weighted by Crippen LogP contribution is -2.46. The van der Waals surface area contributed by atoms with E-state index in [1.54, 1.807) is 0 Å². The first kappa shape index (κ1) is 63.3. The Labute approximate surface area is 409 Å². The number of unbranched alkanes of at least 4 members (excludes halogenated alkanes) is 28. The Balaban J connectivity index is 4.61. The standard InChI is InChI=1S/C60H107NO5/c1-4-7-10-13-16-19-22-25-28-29-32-34-37-40-43-46-49-52-58(63)57(55-62)61-59(64)54-56(51-48-45-42-39-36-33-30-26-23-20-17-14-11-8-5-2)66-60(65)53-50-47-44-41-38-35-31-27-24-21-18-15-12-9-6-3/h9,12,15,17-18,20-21,24,26,30,36,39,56-58,62-63H,4-8,10-11,13-14,16,19,22-23,25,27-29,31-35,37-38,40-55H2,1-3H3,(H,61,64)/b12-9+,18-15+,20-17-,24-21+,30-26-,39-36-. The summed E-state index contributed by atoms with van der Waals surface area (Å²) in [6, 6.07) is -0.720. The normalized spacial score (nSPS) is 13.7. The van der Waals surface area contributed by atoms with Crippen molar-refractivity contribution in [2.24, 2.45) is 0 Å². The van der Waals surface area contributed by atoms with E-state index >= 15 is 0 Å². The van der Waals surface area contributed by atoms with Crippen LogP contribution in [0.25, 0.3) is 0 Å². The van der Waals surface area contributed by atoms with Crippen LogP contribution in [0.5, 0.6) is 0 Å². The van der Waals surface area contributed by atoms with Crippen molar-refractivity contribution in [3.8, 4) is 0 Å². The second kappa shape index (κ2) is 53.3. The van der Waals surface area contributed by atoms with Crippen molar-refractivity contribution < 1.29 is 24.5 Å². The number of rotatable bonds is 50. The summed E-state index contributed by atoms with van der Waals surface area (Å²) >= 11 is 0. The Bertz CT molecular complexity index is 1220. The lowest BCUT2D eigenvalue weighted by Gasteiger charge is -2.24. The largest absolute Gasteiger partial charge is 0.462 e. The van der Waals surface area contributed by atoms with E-state index in [-0.39, 0.29) is 24.9 Å². The Morgan fingerprint density at radius 1 is 0.470 bits per heavy atom. The number of ether oxygens (including phenoxy) is 1. The molecule has 3 N–H and O–H groups in total. The fourth-order valence-corrected chi connectivity index (χ4v) is 8.32. The molecule has 0 radical (unpaired) electrons. The zero-order chi connectivity index (χ0) is 48.1. The van der Waals surface area contributed by atoms with Crippen LogP contribution in [0.2, 0.25) is 0 Å². The number of carbonyl (C=O) groups is 2. The number of aliphatic hydroxyl groups is 2. The molecule has 66 heavy (non-hydrogen) atoms. The smallest absolute Gasteiger partial charge is 0.306 e. The fraction of sp³-hybridized carbons (Fsp3) is 0.767. The van der Waals surface area contributed by atoms with Gasteiger partial charge >= 0.3 is 5.97 Å². The highest BCUT2D eigenvalue weighted by Crippen LogP contribution is 2.18. The first-order chi connectivity index (χ1) is 32.5. The average molecular weight is 923 g/mol. The minimum atomic E-state index is -0.804. The lowest BCUT2D eigenvalue weighted by molar-refractivity contribution is -0.151. The van der Waals surface area contributed by atoms with Crippen LogP contribution in [-0.2, 0) is 14.3 Å². The second-order valence-electron chi connectivity index (χ2n) is 19.0. The molecule has 0 aliphatic heterocycles. The van der Waals surface area contributed by atoms with Crippen molar-refractivity contribution in [1.29, 1.82) is 0 Å². The molecule has 0 saturated heterocycles. The number of nitrogens with one attached hydrogen (secondary N) is 1. The molecule has 1 amide bonds. The van der Waals surface area contributed by atoms with Crippen LogP contribution < -0.4 is 5.32 Å². The number of hydrogen-bond acceptors (Lipinski definition) is 5. The van der Waals surface area contributed by atoms with E-state index in [0.717, 1.165) is 83.5 Å². The molecule has 3 unspecified atom stereocenters. The van der Waals surface area contributed by atoms with Gasteiger partial charge in [-0.05, 0) is 83.5 Å². The Kier molecular flexibility index (Phi) is 51.1. The third-order valence-electron chi connectivity index (χ3n) is 12.6. The van der Waals surface area contributed by atoms with Gasteiger partial charge in [0.1, 0.15) is 6.10 Å². The maximum Gasteiger partial charge on any atom is 0.306 e. The molecule has 0 aromatic rings. The highest BCUT2D eigenvalue weighted by molar-refractivity contribution is 5.77. The molecule has 6 heteroatoms. The number of hydrogen-bond donors (Lipinski definition) is 3. The summed E-state index contributed by atoms with van der Waals surface area (Å²) in [6.45, 7) is 6.33. The summed E-state index contributed by atoms with van der Waals surface area (Å²) < 4.78 is 5.93. The van der Waals surface area contributed by atoms with E-state index in [9.17, 15) is 19.8 Å². The van der Waals surface area contributed by atoms with Gasteiger partial charge in [-0.25, -0.2) is 0 Å². The monoisotopic (exact) mass is 922 g/mol. The van der Waals surface area contributed by atoms with E-state index in [0.29, 0.717) is 19.3 Å². The molecule has 0 fully saturated rings. The van der Waals surface area contributed by atoms with E-state index < -0.39 is 18.2 Å². The average Bonchev–Trinajstić information content (AvgIpc) is 3.31. The molecule has 0 heterocycles. The second-order valence-corrected chi connectivity index (χ2v) is 19.0. The van der Waals surface area contributed by atoms with Gasteiger partial charge in [0.15, 0.2) is 0 Å². The minimum Gasteiger partial charge on any atom is -0.462 e. The SMILES string of the molecule is CC/C=C/C=C/C=C/CCCCCCCCCC(=O)OC(CCCC/C=C\C/C=C\C/C=C\CCCCC)CC(=O)NC(CO)C(O)CCCCCCCCCCCCCCCCCCC. The maximum absolute atomic E-state index is 13.3. The molecule has 6 nitrogen and oxygen atoms in total. The van der Waals surface area contributed by atoms with Crippen LogP contribution >= 0.6 is 0 Å². The van der Waals surface area contributed by atoms with Crippen LogP contribution in [0.15, 0.2) is 72.9 Å². The third kappa shape index (κ3) is 47.8. The number of amides is 1. The summed E-state index contributed by atoms with van der Waals surface area (Å²) in [4.78, 5) is 26.2. The van der Waals surface area contributed by atoms with Crippen LogP contribution in [0.4, 0.5) is 0 Å². The first-order valence-electron chi connectivity index (χ1n) is 28.2. The van der Waals surface area contributed by atoms with Crippen LogP contribution in [-0.4, -0.2) is 46.9 Å². The fourth-order valence-electron chi connectivity index (χ4n) is 8.32. The van der Waals surface area contributed by atoms with Gasteiger partial charge in [0.05, 0.1) is 25.2 Å². The minimum absolute atomic E-state index is 0.0448. The van der Waals surface area contributed by atoms with Crippen molar-refractivity contribution in [3.63, 3.8) is 0 Å². The predicted octanol–water partition coefficient (Wildman–Crippen LogP) is 17.3. The van der Waals surface area contributed by atoms with Gasteiger partial charge in [-0.2, -0.15) is 0 Å². The zero-order valence-electron chi connectivity index (χ0n) is 43.6. The molecule has 3 atom stereocenters. The van der Waals surface area contributed by atoms with Crippen molar-refractivity contribution in [2.75, 3.05) is 6.61 Å². The summed E-state index contributed by atoms with van der Waals surface area (Å²) in [5.41, 5.74) is 0. The van der Waals surface area contributed by atoms with Crippen molar-refractivity contribution in [2.45, 2.75) is 289 Å². The van der Waals surface area contributed by atoms with Gasteiger partial charge in [-0.1, -0.05) is 248 Å². The molecular formula is C60H107NO5. The maximum atomic E-state index is 13.3. The lowest BCUT2D eigenvalue weighted by atomic mass is 10.0. The predicted molar refractivity (Wildman–Crippen MR) is 287 cm³/mol. The Morgan fingerprint density at radius 2 is 0.879 bits per heavy atom. The van der Waals surface area contributed by atoms with Gasteiger partial charge in [-0.15, -0.1) is 0 Å². The first-order valence-corrected chi connectivity index (χ1v) is 28.2. The van der Waals surface area contributed by atoms with Gasteiger partial charge in [-0.3, -0.25) is 9.59 Å². The molecule has 0 aliphatic carbocycles. The highest BCUT2D eigenvalue weighted by Gasteiger charge is 2.24. The zero-order valence-corrected chi connectivity index (χ0v) is 43.6. The summed E-state index contributed by atoms with van der Waals surface area (Å²) in [7, 11) is 0. The van der Waals surface area contributed by atoms with Crippen LogP contribution in [0.1, 0.15) is 271 Å². The van der Waals surface area contributed by atoms with Crippen LogP contribution in [0.3, 0.4) is 0 Å². The topological polar surface area (TPSA) is 95.9 Å². The molecule has 0 aromatic carbocycles. The molecule has 0 aromatic heterocycles. The molecular weight excluding hydrogens is 815 g/mol. The van der Waals surface area contributed by atoms with Gasteiger partial charge < -0.3 is 20.3 Å².